The number of allylic oxidation sites excluding steroid dienone is 2. The molecule has 176 valence electrons. The van der Waals surface area contributed by atoms with Crippen molar-refractivity contribution in [2.75, 3.05) is 0 Å². The average Bonchev–Trinajstić information content (AvgIpc) is 3.34. The van der Waals surface area contributed by atoms with Crippen LogP contribution in [0, 0.1) is 52.8 Å². The zero-order chi connectivity index (χ0) is 21.8. The second-order valence-electron chi connectivity index (χ2n) is 12.2. The van der Waals surface area contributed by atoms with Gasteiger partial charge in [0, 0.05) is 0 Å². The van der Waals surface area contributed by atoms with Crippen LogP contribution in [0.4, 0.5) is 0 Å². The smallest absolute Gasteiger partial charge is 0.0235 e. The van der Waals surface area contributed by atoms with Crippen molar-refractivity contribution in [3.63, 3.8) is 0 Å². The Bertz CT molecular complexity index is 535. The van der Waals surface area contributed by atoms with Gasteiger partial charge in [0.2, 0.25) is 0 Å². The molecule has 0 radical (unpaired) electrons. The van der Waals surface area contributed by atoms with Crippen molar-refractivity contribution in [3.05, 3.63) is 25.3 Å². The molecule has 4 fully saturated rings. The minimum Gasteiger partial charge on any atom is -0.103 e. The van der Waals surface area contributed by atoms with Crippen LogP contribution in [0.2, 0.25) is 0 Å². The molecule has 0 heteroatoms. The quantitative estimate of drug-likeness (QED) is 0.306. The van der Waals surface area contributed by atoms with Crippen molar-refractivity contribution in [1.82, 2.24) is 0 Å². The molecule has 0 aromatic rings. The van der Waals surface area contributed by atoms with E-state index in [1.165, 1.54) is 103 Å². The second-order valence-corrected chi connectivity index (χ2v) is 12.2. The monoisotopic (exact) mass is 424 g/mol. The Morgan fingerprint density at radius 2 is 1.03 bits per heavy atom. The van der Waals surface area contributed by atoms with Gasteiger partial charge in [0.1, 0.15) is 0 Å². The van der Waals surface area contributed by atoms with Gasteiger partial charge in [-0.2, -0.15) is 0 Å². The zero-order valence-electron chi connectivity index (χ0n) is 21.0. The zero-order valence-corrected chi connectivity index (χ0v) is 21.0. The summed E-state index contributed by atoms with van der Waals surface area (Å²) in [6.07, 6.45) is 28.0. The maximum absolute atomic E-state index is 4.17. The highest BCUT2D eigenvalue weighted by Gasteiger charge is 2.58. The topological polar surface area (TPSA) is 0 Å². The first-order valence-corrected chi connectivity index (χ1v) is 14.4. The highest BCUT2D eigenvalue weighted by Crippen LogP contribution is 2.66. The third-order valence-corrected chi connectivity index (χ3v) is 11.0. The number of rotatable bonds is 10. The van der Waals surface area contributed by atoms with Gasteiger partial charge in [-0.05, 0) is 117 Å². The van der Waals surface area contributed by atoms with Gasteiger partial charge >= 0.3 is 0 Å². The maximum atomic E-state index is 4.17. The molecular formula is C31H52. The van der Waals surface area contributed by atoms with Crippen LogP contribution in [-0.4, -0.2) is 0 Å². The van der Waals surface area contributed by atoms with Crippen molar-refractivity contribution in [2.24, 2.45) is 52.8 Å². The molecule has 0 spiro atoms. The predicted octanol–water partition coefficient (Wildman–Crippen LogP) is 9.61. The molecule has 8 atom stereocenters. The lowest BCUT2D eigenvalue weighted by molar-refractivity contribution is -0.0207. The van der Waals surface area contributed by atoms with Gasteiger partial charge in [-0.25, -0.2) is 0 Å². The van der Waals surface area contributed by atoms with Crippen LogP contribution in [0.3, 0.4) is 0 Å². The summed E-state index contributed by atoms with van der Waals surface area (Å²) in [7, 11) is 0. The highest BCUT2D eigenvalue weighted by molar-refractivity contribution is 5.08. The minimum absolute atomic E-state index is 0.621. The minimum atomic E-state index is 0.621. The summed E-state index contributed by atoms with van der Waals surface area (Å²) in [5, 5.41) is 0. The van der Waals surface area contributed by atoms with Crippen LogP contribution in [0.1, 0.15) is 117 Å². The van der Waals surface area contributed by atoms with E-state index in [-0.39, 0.29) is 0 Å². The lowest BCUT2D eigenvalue weighted by Crippen LogP contribution is -2.43. The van der Waals surface area contributed by atoms with Crippen LogP contribution < -0.4 is 0 Å². The van der Waals surface area contributed by atoms with E-state index in [1.807, 2.05) is 0 Å². The third kappa shape index (κ3) is 4.36. The molecular weight excluding hydrogens is 372 g/mol. The summed E-state index contributed by atoms with van der Waals surface area (Å²) in [5.41, 5.74) is 0.621. The fourth-order valence-electron chi connectivity index (χ4n) is 10.3. The Morgan fingerprint density at radius 1 is 0.645 bits per heavy atom. The van der Waals surface area contributed by atoms with Gasteiger partial charge in [-0.1, -0.05) is 64.5 Å². The van der Waals surface area contributed by atoms with Crippen LogP contribution in [0.15, 0.2) is 25.3 Å². The molecule has 0 amide bonds. The first kappa shape index (κ1) is 23.6. The first-order valence-electron chi connectivity index (χ1n) is 14.4. The molecule has 4 rings (SSSR count). The normalized spacial score (nSPS) is 40.3. The summed E-state index contributed by atoms with van der Waals surface area (Å²) in [6.45, 7) is 13.3. The van der Waals surface area contributed by atoms with E-state index in [4.69, 9.17) is 0 Å². The van der Waals surface area contributed by atoms with Gasteiger partial charge in [0.05, 0.1) is 0 Å². The standard InChI is InChI=1S/C31H52/c1-5-13-23-21-29(27-17-11-9-15-25(23)27)31(19-7-3,20-8-4)30-22-24(14-6-2)26-16-10-12-18-28(26)30/h5-6,23-30H,1-2,7-22H2,3-4H3. The fraction of sp³-hybridized carbons (Fsp3) is 0.871. The average molecular weight is 425 g/mol. The molecule has 0 nitrogen and oxygen atoms in total. The second kappa shape index (κ2) is 10.6. The van der Waals surface area contributed by atoms with Gasteiger partial charge in [-0.3, -0.25) is 0 Å². The molecule has 0 aromatic carbocycles. The SMILES string of the molecule is C=CCC1CC(C(CCC)(CCC)C2CC(CC=C)C3CCCCC32)C2CCCCC12. The lowest BCUT2D eigenvalue weighted by atomic mass is 9.54. The summed E-state index contributed by atoms with van der Waals surface area (Å²) < 4.78 is 0. The Kier molecular flexibility index (Phi) is 8.09. The van der Waals surface area contributed by atoms with E-state index in [2.05, 4.69) is 39.2 Å². The van der Waals surface area contributed by atoms with Crippen LogP contribution >= 0.6 is 0 Å². The van der Waals surface area contributed by atoms with Gasteiger partial charge < -0.3 is 0 Å². The van der Waals surface area contributed by atoms with E-state index in [1.54, 1.807) is 0 Å². The number of hydrogen-bond acceptors (Lipinski definition) is 0. The Morgan fingerprint density at radius 3 is 1.39 bits per heavy atom. The number of fused-ring (bicyclic) bond motifs is 2. The summed E-state index contributed by atoms with van der Waals surface area (Å²) in [5.74, 6) is 7.95. The number of hydrogen-bond donors (Lipinski definition) is 0. The van der Waals surface area contributed by atoms with E-state index in [0.717, 1.165) is 47.3 Å². The molecule has 0 aliphatic heterocycles. The van der Waals surface area contributed by atoms with E-state index >= 15 is 0 Å². The molecule has 0 bridgehead atoms. The Balaban J connectivity index is 1.71. The van der Waals surface area contributed by atoms with Crippen molar-refractivity contribution in [1.29, 1.82) is 0 Å². The van der Waals surface area contributed by atoms with Crippen molar-refractivity contribution >= 4 is 0 Å². The summed E-state index contributed by atoms with van der Waals surface area (Å²) >= 11 is 0. The Hall–Kier alpha value is -0.520. The maximum Gasteiger partial charge on any atom is -0.0235 e. The molecule has 4 aliphatic rings. The van der Waals surface area contributed by atoms with Crippen molar-refractivity contribution < 1.29 is 0 Å². The third-order valence-electron chi connectivity index (χ3n) is 11.0. The highest BCUT2D eigenvalue weighted by atomic mass is 14.6. The molecule has 0 N–H and O–H groups in total. The Labute approximate surface area is 194 Å². The molecule has 0 saturated heterocycles. The van der Waals surface area contributed by atoms with Gasteiger partial charge in [0.25, 0.3) is 0 Å². The molecule has 0 heterocycles. The van der Waals surface area contributed by atoms with Gasteiger partial charge in [-0.15, -0.1) is 13.2 Å². The molecule has 8 unspecified atom stereocenters. The molecule has 31 heavy (non-hydrogen) atoms. The van der Waals surface area contributed by atoms with E-state index < -0.39 is 0 Å². The van der Waals surface area contributed by atoms with Gasteiger partial charge in [0.15, 0.2) is 0 Å². The molecule has 4 saturated carbocycles. The summed E-state index contributed by atoms with van der Waals surface area (Å²) in [4.78, 5) is 0. The first-order chi connectivity index (χ1) is 15.2. The van der Waals surface area contributed by atoms with Crippen LogP contribution in [0.5, 0.6) is 0 Å². The van der Waals surface area contributed by atoms with Crippen LogP contribution in [-0.2, 0) is 0 Å². The van der Waals surface area contributed by atoms with Crippen molar-refractivity contribution in [2.45, 2.75) is 117 Å². The molecule has 0 aromatic heterocycles. The predicted molar refractivity (Wildman–Crippen MR) is 136 cm³/mol. The van der Waals surface area contributed by atoms with E-state index in [9.17, 15) is 0 Å². The van der Waals surface area contributed by atoms with Crippen LogP contribution in [0.25, 0.3) is 0 Å². The lowest BCUT2D eigenvalue weighted by Gasteiger charge is -2.51. The van der Waals surface area contributed by atoms with Crippen molar-refractivity contribution in [3.8, 4) is 0 Å². The largest absolute Gasteiger partial charge is 0.103 e. The summed E-state index contributed by atoms with van der Waals surface area (Å²) in [6, 6.07) is 0. The van der Waals surface area contributed by atoms with E-state index in [0.29, 0.717) is 5.41 Å². The fourth-order valence-corrected chi connectivity index (χ4v) is 10.3. The molecule has 4 aliphatic carbocycles.